The van der Waals surface area contributed by atoms with E-state index in [-0.39, 0.29) is 31.1 Å². The zero-order chi connectivity index (χ0) is 40.8. The van der Waals surface area contributed by atoms with Gasteiger partial charge in [0, 0.05) is 19.3 Å². The van der Waals surface area contributed by atoms with Gasteiger partial charge in [-0.2, -0.15) is 0 Å². The van der Waals surface area contributed by atoms with Gasteiger partial charge in [-0.1, -0.05) is 198 Å². The number of unbranched alkanes of at least 4 members (excludes halogenated alkanes) is 26. The number of hydrogen-bond donors (Lipinski definition) is 0. The van der Waals surface area contributed by atoms with Crippen molar-refractivity contribution in [3.63, 3.8) is 0 Å². The first-order valence-corrected chi connectivity index (χ1v) is 24.0. The molecule has 0 aromatic carbocycles. The zero-order valence-corrected chi connectivity index (χ0v) is 37.2. The number of carbonyl (C=O) groups is 3. The zero-order valence-electron chi connectivity index (χ0n) is 37.2. The van der Waals surface area contributed by atoms with Gasteiger partial charge in [-0.25, -0.2) is 0 Å². The normalized spacial score (nSPS) is 12.3. The highest BCUT2D eigenvalue weighted by Gasteiger charge is 2.19. The Labute approximate surface area is 346 Å². The third-order valence-corrected chi connectivity index (χ3v) is 10.4. The van der Waals surface area contributed by atoms with Gasteiger partial charge in [0.05, 0.1) is 0 Å². The summed E-state index contributed by atoms with van der Waals surface area (Å²) >= 11 is 0. The Bertz CT molecular complexity index is 953. The fourth-order valence-electron chi connectivity index (χ4n) is 6.75. The Morgan fingerprint density at radius 3 is 1.14 bits per heavy atom. The van der Waals surface area contributed by atoms with Crippen LogP contribution < -0.4 is 0 Å². The van der Waals surface area contributed by atoms with Crippen molar-refractivity contribution < 1.29 is 28.6 Å². The highest BCUT2D eigenvalue weighted by molar-refractivity contribution is 5.71. The van der Waals surface area contributed by atoms with Crippen molar-refractivity contribution in [1.29, 1.82) is 0 Å². The third-order valence-electron chi connectivity index (χ3n) is 10.4. The summed E-state index contributed by atoms with van der Waals surface area (Å²) in [4.78, 5) is 37.8. The lowest BCUT2D eigenvalue weighted by Gasteiger charge is -2.18. The molecule has 0 saturated heterocycles. The van der Waals surface area contributed by atoms with E-state index >= 15 is 0 Å². The van der Waals surface area contributed by atoms with Gasteiger partial charge < -0.3 is 14.2 Å². The lowest BCUT2D eigenvalue weighted by atomic mass is 10.0. The van der Waals surface area contributed by atoms with Crippen molar-refractivity contribution in [2.75, 3.05) is 13.2 Å². The second-order valence-electron chi connectivity index (χ2n) is 16.0. The predicted octanol–water partition coefficient (Wildman–Crippen LogP) is 15.4. The molecule has 0 rings (SSSR count). The summed E-state index contributed by atoms with van der Waals surface area (Å²) in [6.45, 7) is 6.48. The van der Waals surface area contributed by atoms with E-state index in [2.05, 4.69) is 57.2 Å². The quantitative estimate of drug-likeness (QED) is 0.0265. The SMILES string of the molecule is CC/C=C\C/C=C\CCCCCCCCCC(=O)OCC(COC(=O)CCCCCCC/C=C\CCCC)OC(=O)CCCCCCCCCCCCCCC. The van der Waals surface area contributed by atoms with Crippen molar-refractivity contribution in [2.24, 2.45) is 0 Å². The largest absolute Gasteiger partial charge is 0.462 e. The highest BCUT2D eigenvalue weighted by atomic mass is 16.6. The smallest absolute Gasteiger partial charge is 0.306 e. The number of allylic oxidation sites excluding steroid dienone is 6. The van der Waals surface area contributed by atoms with Crippen LogP contribution in [0.2, 0.25) is 0 Å². The van der Waals surface area contributed by atoms with Gasteiger partial charge in [-0.3, -0.25) is 14.4 Å². The van der Waals surface area contributed by atoms with E-state index in [1.54, 1.807) is 0 Å². The molecular weight excluding hydrogens is 697 g/mol. The molecular formula is C50H90O6. The Kier molecular flexibility index (Phi) is 43.4. The van der Waals surface area contributed by atoms with E-state index in [0.29, 0.717) is 19.3 Å². The topological polar surface area (TPSA) is 78.9 Å². The van der Waals surface area contributed by atoms with E-state index in [1.165, 1.54) is 122 Å². The molecule has 0 heterocycles. The van der Waals surface area contributed by atoms with E-state index < -0.39 is 6.10 Å². The van der Waals surface area contributed by atoms with Crippen LogP contribution in [-0.2, 0) is 28.6 Å². The predicted molar refractivity (Wildman–Crippen MR) is 238 cm³/mol. The molecule has 0 aromatic heterocycles. The number of hydrogen-bond acceptors (Lipinski definition) is 6. The first-order chi connectivity index (χ1) is 27.5. The summed E-state index contributed by atoms with van der Waals surface area (Å²) in [6.07, 6.45) is 51.2. The molecule has 0 aromatic rings. The standard InChI is InChI=1S/C50H90O6/c1-4-7-10-13-16-19-22-24-26-28-31-34-37-40-43-49(52)55-46-47(45-54-48(51)42-39-36-33-30-27-21-18-15-12-9-6-3)56-50(53)44-41-38-35-32-29-25-23-20-17-14-11-8-5-2/h7,10,15-16,18-19,47H,4-6,8-9,11-14,17,20-46H2,1-3H3/b10-7-,18-15-,19-16-. The van der Waals surface area contributed by atoms with Crippen molar-refractivity contribution in [3.8, 4) is 0 Å². The molecule has 6 heteroatoms. The second kappa shape index (κ2) is 45.3. The molecule has 0 aliphatic heterocycles. The highest BCUT2D eigenvalue weighted by Crippen LogP contribution is 2.15. The van der Waals surface area contributed by atoms with Crippen LogP contribution in [0.3, 0.4) is 0 Å². The van der Waals surface area contributed by atoms with Crippen LogP contribution in [0.25, 0.3) is 0 Å². The number of carbonyl (C=O) groups excluding carboxylic acids is 3. The van der Waals surface area contributed by atoms with Crippen LogP contribution in [0.5, 0.6) is 0 Å². The lowest BCUT2D eigenvalue weighted by molar-refractivity contribution is -0.167. The van der Waals surface area contributed by atoms with Crippen LogP contribution in [0.1, 0.15) is 245 Å². The molecule has 1 atom stereocenters. The molecule has 0 aliphatic carbocycles. The van der Waals surface area contributed by atoms with E-state index in [1.807, 2.05) is 0 Å². The summed E-state index contributed by atoms with van der Waals surface area (Å²) in [5.74, 6) is -0.888. The van der Waals surface area contributed by atoms with Gasteiger partial charge in [0.2, 0.25) is 0 Å². The van der Waals surface area contributed by atoms with E-state index in [9.17, 15) is 14.4 Å². The average Bonchev–Trinajstić information content (AvgIpc) is 3.19. The maximum absolute atomic E-state index is 12.7. The fraction of sp³-hybridized carbons (Fsp3) is 0.820. The maximum atomic E-state index is 12.7. The Hall–Kier alpha value is -2.37. The molecule has 0 aliphatic rings. The first-order valence-electron chi connectivity index (χ1n) is 24.0. The van der Waals surface area contributed by atoms with Crippen molar-refractivity contribution in [3.05, 3.63) is 36.5 Å². The van der Waals surface area contributed by atoms with Crippen molar-refractivity contribution >= 4 is 17.9 Å². The van der Waals surface area contributed by atoms with Gasteiger partial charge in [-0.05, 0) is 64.2 Å². The summed E-state index contributed by atoms with van der Waals surface area (Å²) < 4.78 is 16.7. The van der Waals surface area contributed by atoms with Crippen LogP contribution in [0.4, 0.5) is 0 Å². The van der Waals surface area contributed by atoms with Gasteiger partial charge in [0.25, 0.3) is 0 Å². The third kappa shape index (κ3) is 42.8. The second-order valence-corrected chi connectivity index (χ2v) is 16.0. The number of ether oxygens (including phenoxy) is 3. The first kappa shape index (κ1) is 53.6. The van der Waals surface area contributed by atoms with E-state index in [0.717, 1.165) is 83.5 Å². The monoisotopic (exact) mass is 787 g/mol. The van der Waals surface area contributed by atoms with E-state index in [4.69, 9.17) is 14.2 Å². The molecule has 326 valence electrons. The van der Waals surface area contributed by atoms with Crippen LogP contribution >= 0.6 is 0 Å². The summed E-state index contributed by atoms with van der Waals surface area (Å²) in [7, 11) is 0. The molecule has 0 bridgehead atoms. The van der Waals surface area contributed by atoms with Crippen LogP contribution in [0.15, 0.2) is 36.5 Å². The van der Waals surface area contributed by atoms with Crippen LogP contribution in [-0.4, -0.2) is 37.2 Å². The lowest BCUT2D eigenvalue weighted by Crippen LogP contribution is -2.30. The fourth-order valence-corrected chi connectivity index (χ4v) is 6.75. The molecule has 0 spiro atoms. The Morgan fingerprint density at radius 1 is 0.375 bits per heavy atom. The molecule has 0 N–H and O–H groups in total. The molecule has 0 saturated carbocycles. The van der Waals surface area contributed by atoms with Crippen LogP contribution in [0, 0.1) is 0 Å². The summed E-state index contributed by atoms with van der Waals surface area (Å²) in [5.41, 5.74) is 0. The van der Waals surface area contributed by atoms with Gasteiger partial charge in [0.1, 0.15) is 13.2 Å². The summed E-state index contributed by atoms with van der Waals surface area (Å²) in [5, 5.41) is 0. The molecule has 6 nitrogen and oxygen atoms in total. The van der Waals surface area contributed by atoms with Crippen molar-refractivity contribution in [2.45, 2.75) is 252 Å². The minimum Gasteiger partial charge on any atom is -0.462 e. The Balaban J connectivity index is 4.37. The average molecular weight is 787 g/mol. The molecule has 0 fully saturated rings. The van der Waals surface area contributed by atoms with Gasteiger partial charge in [-0.15, -0.1) is 0 Å². The van der Waals surface area contributed by atoms with Gasteiger partial charge >= 0.3 is 17.9 Å². The molecule has 56 heavy (non-hydrogen) atoms. The van der Waals surface area contributed by atoms with Crippen molar-refractivity contribution in [1.82, 2.24) is 0 Å². The maximum Gasteiger partial charge on any atom is 0.306 e. The minimum atomic E-state index is -0.773. The minimum absolute atomic E-state index is 0.0767. The number of esters is 3. The summed E-state index contributed by atoms with van der Waals surface area (Å²) in [6, 6.07) is 0. The molecule has 0 amide bonds. The Morgan fingerprint density at radius 2 is 0.714 bits per heavy atom. The molecule has 0 radical (unpaired) electrons. The molecule has 1 unspecified atom stereocenters. The number of rotatable bonds is 43. The van der Waals surface area contributed by atoms with Gasteiger partial charge in [0.15, 0.2) is 6.10 Å².